The average molecular weight is 306 g/mol. The SMILES string of the molecule is CC(CC(=O)NCc1cccc(C(N)=S)c1)CC(C)(C)C. The highest BCUT2D eigenvalue weighted by molar-refractivity contribution is 7.80. The molecule has 0 spiro atoms. The highest BCUT2D eigenvalue weighted by Crippen LogP contribution is 2.25. The van der Waals surface area contributed by atoms with Crippen molar-refractivity contribution < 1.29 is 4.79 Å². The van der Waals surface area contributed by atoms with Crippen molar-refractivity contribution in [1.29, 1.82) is 0 Å². The van der Waals surface area contributed by atoms with E-state index >= 15 is 0 Å². The van der Waals surface area contributed by atoms with Crippen molar-refractivity contribution in [1.82, 2.24) is 5.32 Å². The van der Waals surface area contributed by atoms with Gasteiger partial charge in [-0.15, -0.1) is 0 Å². The molecule has 0 aliphatic rings. The molecule has 0 bridgehead atoms. The lowest BCUT2D eigenvalue weighted by Crippen LogP contribution is -2.26. The number of carbonyl (C=O) groups excluding carboxylic acids is 1. The van der Waals surface area contributed by atoms with Gasteiger partial charge in [0.25, 0.3) is 0 Å². The summed E-state index contributed by atoms with van der Waals surface area (Å²) in [6, 6.07) is 7.65. The lowest BCUT2D eigenvalue weighted by Gasteiger charge is -2.22. The van der Waals surface area contributed by atoms with E-state index in [9.17, 15) is 4.79 Å². The van der Waals surface area contributed by atoms with Gasteiger partial charge in [0.1, 0.15) is 4.99 Å². The van der Waals surface area contributed by atoms with Gasteiger partial charge >= 0.3 is 0 Å². The number of thiocarbonyl (C=S) groups is 1. The Hall–Kier alpha value is -1.42. The summed E-state index contributed by atoms with van der Waals surface area (Å²) < 4.78 is 0. The van der Waals surface area contributed by atoms with E-state index in [4.69, 9.17) is 18.0 Å². The van der Waals surface area contributed by atoms with E-state index in [1.165, 1.54) is 0 Å². The zero-order chi connectivity index (χ0) is 16.0. The molecule has 0 saturated carbocycles. The monoisotopic (exact) mass is 306 g/mol. The number of amides is 1. The fourth-order valence-corrected chi connectivity index (χ4v) is 2.67. The van der Waals surface area contributed by atoms with Crippen LogP contribution >= 0.6 is 12.2 Å². The predicted molar refractivity (Wildman–Crippen MR) is 92.0 cm³/mol. The van der Waals surface area contributed by atoms with Gasteiger partial charge in [0.2, 0.25) is 5.91 Å². The first-order chi connectivity index (χ1) is 9.67. The third-order valence-corrected chi connectivity index (χ3v) is 3.43. The summed E-state index contributed by atoms with van der Waals surface area (Å²) in [4.78, 5) is 12.3. The zero-order valence-corrected chi connectivity index (χ0v) is 14.2. The first-order valence-electron chi connectivity index (χ1n) is 7.33. The van der Waals surface area contributed by atoms with Crippen LogP contribution in [0.4, 0.5) is 0 Å². The molecule has 1 rings (SSSR count). The number of hydrogen-bond acceptors (Lipinski definition) is 2. The lowest BCUT2D eigenvalue weighted by atomic mass is 9.84. The van der Waals surface area contributed by atoms with Crippen LogP contribution in [0.2, 0.25) is 0 Å². The van der Waals surface area contributed by atoms with Crippen LogP contribution in [0.5, 0.6) is 0 Å². The van der Waals surface area contributed by atoms with Crippen molar-refractivity contribution in [2.24, 2.45) is 17.1 Å². The predicted octanol–water partition coefficient (Wildman–Crippen LogP) is 3.40. The van der Waals surface area contributed by atoms with Crippen LogP contribution < -0.4 is 11.1 Å². The van der Waals surface area contributed by atoms with Crippen LogP contribution in [-0.2, 0) is 11.3 Å². The van der Waals surface area contributed by atoms with Crippen molar-refractivity contribution >= 4 is 23.1 Å². The molecule has 1 atom stereocenters. The minimum Gasteiger partial charge on any atom is -0.389 e. The molecule has 0 aliphatic heterocycles. The smallest absolute Gasteiger partial charge is 0.220 e. The molecule has 0 radical (unpaired) electrons. The van der Waals surface area contributed by atoms with Crippen molar-refractivity contribution in [2.45, 2.75) is 47.1 Å². The van der Waals surface area contributed by atoms with Crippen molar-refractivity contribution in [3.8, 4) is 0 Å². The van der Waals surface area contributed by atoms with Gasteiger partial charge in [-0.2, -0.15) is 0 Å². The van der Waals surface area contributed by atoms with Gasteiger partial charge in [-0.3, -0.25) is 4.79 Å². The van der Waals surface area contributed by atoms with E-state index in [0.29, 0.717) is 23.9 Å². The molecule has 3 nitrogen and oxygen atoms in total. The van der Waals surface area contributed by atoms with Crippen molar-refractivity contribution in [3.63, 3.8) is 0 Å². The van der Waals surface area contributed by atoms with E-state index in [1.807, 2.05) is 24.3 Å². The summed E-state index contributed by atoms with van der Waals surface area (Å²) in [5, 5.41) is 2.96. The standard InChI is InChI=1S/C17H26N2OS/c1-12(10-17(2,3)4)8-15(20)19-11-13-6-5-7-14(9-13)16(18)21/h5-7,9,12H,8,10-11H2,1-4H3,(H2,18,21)(H,19,20). The Kier molecular flexibility index (Phi) is 6.34. The number of hydrogen-bond donors (Lipinski definition) is 2. The quantitative estimate of drug-likeness (QED) is 0.792. The van der Waals surface area contributed by atoms with Gasteiger partial charge in [-0.25, -0.2) is 0 Å². The number of carbonyl (C=O) groups is 1. The molecule has 1 amide bonds. The van der Waals surface area contributed by atoms with Crippen LogP contribution in [0.3, 0.4) is 0 Å². The maximum absolute atomic E-state index is 12.0. The molecule has 0 heterocycles. The lowest BCUT2D eigenvalue weighted by molar-refractivity contribution is -0.122. The molecule has 1 aromatic carbocycles. The molecular weight excluding hydrogens is 280 g/mol. The Bertz CT molecular complexity index is 506. The van der Waals surface area contributed by atoms with Crippen LogP contribution in [-0.4, -0.2) is 10.9 Å². The molecule has 21 heavy (non-hydrogen) atoms. The highest BCUT2D eigenvalue weighted by atomic mass is 32.1. The Morgan fingerprint density at radius 1 is 1.38 bits per heavy atom. The van der Waals surface area contributed by atoms with Gasteiger partial charge < -0.3 is 11.1 Å². The van der Waals surface area contributed by atoms with Gasteiger partial charge in [-0.05, 0) is 29.4 Å². The summed E-state index contributed by atoms with van der Waals surface area (Å²) >= 11 is 4.96. The minimum atomic E-state index is 0.0903. The van der Waals surface area contributed by atoms with Gasteiger partial charge in [0.15, 0.2) is 0 Å². The molecule has 1 aromatic rings. The summed E-state index contributed by atoms with van der Waals surface area (Å²) in [6.45, 7) is 9.23. The second-order valence-electron chi connectivity index (χ2n) is 6.92. The number of benzene rings is 1. The molecule has 1 unspecified atom stereocenters. The first kappa shape index (κ1) is 17.6. The van der Waals surface area contributed by atoms with Crippen LogP contribution in [0.15, 0.2) is 24.3 Å². The Labute approximate surface area is 133 Å². The summed E-state index contributed by atoms with van der Waals surface area (Å²) in [5.41, 5.74) is 7.70. The van der Waals surface area contributed by atoms with Crippen LogP contribution in [0.1, 0.15) is 51.7 Å². The second-order valence-corrected chi connectivity index (χ2v) is 7.36. The average Bonchev–Trinajstić information content (AvgIpc) is 2.34. The fourth-order valence-electron chi connectivity index (χ4n) is 2.54. The molecule has 0 saturated heterocycles. The molecule has 116 valence electrons. The highest BCUT2D eigenvalue weighted by Gasteiger charge is 2.17. The molecule has 0 fully saturated rings. The Balaban J connectivity index is 2.46. The summed E-state index contributed by atoms with van der Waals surface area (Å²) in [7, 11) is 0. The van der Waals surface area contributed by atoms with Gasteiger partial charge in [-0.1, -0.05) is 58.1 Å². The first-order valence-corrected chi connectivity index (χ1v) is 7.73. The molecule has 4 heteroatoms. The summed E-state index contributed by atoms with van der Waals surface area (Å²) in [6.07, 6.45) is 1.60. The maximum atomic E-state index is 12.0. The molecular formula is C17H26N2OS. The molecule has 0 aliphatic carbocycles. The van der Waals surface area contributed by atoms with E-state index < -0.39 is 0 Å². The van der Waals surface area contributed by atoms with E-state index in [-0.39, 0.29) is 11.3 Å². The summed E-state index contributed by atoms with van der Waals surface area (Å²) in [5.74, 6) is 0.473. The van der Waals surface area contributed by atoms with Crippen molar-refractivity contribution in [3.05, 3.63) is 35.4 Å². The fraction of sp³-hybridized carbons (Fsp3) is 0.529. The minimum absolute atomic E-state index is 0.0903. The Morgan fingerprint density at radius 2 is 2.05 bits per heavy atom. The van der Waals surface area contributed by atoms with Gasteiger partial charge in [0.05, 0.1) is 0 Å². The second kappa shape index (κ2) is 7.55. The van der Waals surface area contributed by atoms with E-state index in [1.54, 1.807) is 0 Å². The van der Waals surface area contributed by atoms with Crippen LogP contribution in [0, 0.1) is 11.3 Å². The number of rotatable bonds is 6. The topological polar surface area (TPSA) is 55.1 Å². The molecule has 3 N–H and O–H groups in total. The largest absolute Gasteiger partial charge is 0.389 e. The number of nitrogens with one attached hydrogen (secondary N) is 1. The number of nitrogens with two attached hydrogens (primary N) is 1. The van der Waals surface area contributed by atoms with E-state index in [0.717, 1.165) is 17.5 Å². The maximum Gasteiger partial charge on any atom is 0.220 e. The van der Waals surface area contributed by atoms with Crippen molar-refractivity contribution in [2.75, 3.05) is 0 Å². The van der Waals surface area contributed by atoms with Crippen LogP contribution in [0.25, 0.3) is 0 Å². The third-order valence-electron chi connectivity index (χ3n) is 3.20. The molecule has 0 aromatic heterocycles. The third kappa shape index (κ3) is 7.23. The van der Waals surface area contributed by atoms with E-state index in [2.05, 4.69) is 33.0 Å². The normalized spacial score (nSPS) is 12.8. The zero-order valence-electron chi connectivity index (χ0n) is 13.4. The van der Waals surface area contributed by atoms with Gasteiger partial charge in [0, 0.05) is 18.5 Å². The Morgan fingerprint density at radius 3 is 2.62 bits per heavy atom.